The third kappa shape index (κ3) is 2.63. The zero-order valence-electron chi connectivity index (χ0n) is 11.5. The number of para-hydroxylation sites is 1. The Morgan fingerprint density at radius 3 is 2.40 bits per heavy atom. The van der Waals surface area contributed by atoms with Crippen LogP contribution in [0.15, 0.2) is 42.5 Å². The first kappa shape index (κ1) is 14.0. The second kappa shape index (κ2) is 5.72. The van der Waals surface area contributed by atoms with Crippen LogP contribution in [-0.2, 0) is 0 Å². The molecule has 0 aliphatic rings. The third-order valence-corrected chi connectivity index (χ3v) is 3.23. The molecule has 0 saturated carbocycles. The normalized spacial score (nSPS) is 11.8. The molecule has 0 unspecified atom stereocenters. The summed E-state index contributed by atoms with van der Waals surface area (Å²) in [5.41, 5.74) is 8.49. The number of hydrogen-bond acceptors (Lipinski definition) is 3. The number of nitrogens with zero attached hydrogens (tertiary/aromatic N) is 2. The maximum Gasteiger partial charge on any atom is 0.147 e. The molecule has 4 heteroatoms. The highest BCUT2D eigenvalue weighted by Crippen LogP contribution is 2.32. The Bertz CT molecular complexity index is 642. The van der Waals surface area contributed by atoms with E-state index in [0.29, 0.717) is 11.3 Å². The average molecular weight is 269 g/mol. The van der Waals surface area contributed by atoms with Gasteiger partial charge in [0.2, 0.25) is 0 Å². The lowest BCUT2D eigenvalue weighted by Gasteiger charge is -2.24. The number of nitrogens with two attached hydrogens (primary N) is 1. The Morgan fingerprint density at radius 1 is 1.20 bits per heavy atom. The summed E-state index contributed by atoms with van der Waals surface area (Å²) in [4.78, 5) is 1.75. The molecule has 3 nitrogen and oxygen atoms in total. The van der Waals surface area contributed by atoms with Gasteiger partial charge in [-0.2, -0.15) is 5.26 Å². The minimum atomic E-state index is -0.313. The molecule has 0 radical (unpaired) electrons. The van der Waals surface area contributed by atoms with Crippen molar-refractivity contribution in [3.63, 3.8) is 0 Å². The number of anilines is 2. The first-order valence-corrected chi connectivity index (χ1v) is 6.32. The van der Waals surface area contributed by atoms with Crippen LogP contribution < -0.4 is 10.6 Å². The van der Waals surface area contributed by atoms with Gasteiger partial charge in [-0.3, -0.25) is 0 Å². The third-order valence-electron chi connectivity index (χ3n) is 3.23. The van der Waals surface area contributed by atoms with E-state index < -0.39 is 0 Å². The summed E-state index contributed by atoms with van der Waals surface area (Å²) in [7, 11) is 1.78. The van der Waals surface area contributed by atoms with E-state index in [1.54, 1.807) is 42.3 Å². The van der Waals surface area contributed by atoms with Gasteiger partial charge in [-0.05, 0) is 42.8 Å². The summed E-state index contributed by atoms with van der Waals surface area (Å²) in [6, 6.07) is 13.7. The van der Waals surface area contributed by atoms with Crippen LogP contribution in [0.5, 0.6) is 0 Å². The van der Waals surface area contributed by atoms with Gasteiger partial charge in [-0.15, -0.1) is 0 Å². The van der Waals surface area contributed by atoms with Crippen molar-refractivity contribution in [2.75, 3.05) is 11.9 Å². The van der Waals surface area contributed by atoms with Gasteiger partial charge < -0.3 is 10.6 Å². The molecule has 2 N–H and O–H groups in total. The van der Waals surface area contributed by atoms with Crippen molar-refractivity contribution < 1.29 is 4.39 Å². The fourth-order valence-corrected chi connectivity index (χ4v) is 2.14. The van der Waals surface area contributed by atoms with Gasteiger partial charge in [0.15, 0.2) is 0 Å². The van der Waals surface area contributed by atoms with E-state index in [1.807, 2.05) is 13.0 Å². The predicted molar refractivity (Wildman–Crippen MR) is 78.2 cm³/mol. The maximum absolute atomic E-state index is 14.1. The number of benzene rings is 2. The van der Waals surface area contributed by atoms with E-state index in [9.17, 15) is 4.39 Å². The van der Waals surface area contributed by atoms with Crippen molar-refractivity contribution in [3.8, 4) is 6.07 Å². The smallest absolute Gasteiger partial charge is 0.147 e. The van der Waals surface area contributed by atoms with Crippen LogP contribution in [-0.4, -0.2) is 7.05 Å². The monoisotopic (exact) mass is 269 g/mol. The van der Waals surface area contributed by atoms with Crippen LogP contribution in [0.25, 0.3) is 0 Å². The SMILES string of the molecule is C[C@H](N)c1cccc(F)c1N(C)c1ccc(C#N)cc1. The van der Waals surface area contributed by atoms with Crippen LogP contribution >= 0.6 is 0 Å². The quantitative estimate of drug-likeness (QED) is 0.928. The minimum Gasteiger partial charge on any atom is -0.342 e. The first-order chi connectivity index (χ1) is 9.54. The summed E-state index contributed by atoms with van der Waals surface area (Å²) >= 11 is 0. The second-order valence-corrected chi connectivity index (χ2v) is 4.68. The Kier molecular flexibility index (Phi) is 4.02. The number of nitriles is 1. The summed E-state index contributed by atoms with van der Waals surface area (Å²) < 4.78 is 14.1. The Labute approximate surface area is 118 Å². The molecular weight excluding hydrogens is 253 g/mol. The van der Waals surface area contributed by atoms with Gasteiger partial charge in [-0.1, -0.05) is 12.1 Å². The molecule has 2 aromatic carbocycles. The van der Waals surface area contributed by atoms with E-state index in [4.69, 9.17) is 11.0 Å². The van der Waals surface area contributed by atoms with Crippen molar-refractivity contribution in [1.82, 2.24) is 0 Å². The Balaban J connectivity index is 2.47. The summed E-state index contributed by atoms with van der Waals surface area (Å²) in [5, 5.41) is 8.81. The van der Waals surface area contributed by atoms with Crippen molar-refractivity contribution >= 4 is 11.4 Å². The molecule has 0 spiro atoms. The van der Waals surface area contributed by atoms with Gasteiger partial charge in [0, 0.05) is 18.8 Å². The van der Waals surface area contributed by atoms with Gasteiger partial charge in [-0.25, -0.2) is 4.39 Å². The van der Waals surface area contributed by atoms with Crippen molar-refractivity contribution in [3.05, 3.63) is 59.4 Å². The molecule has 0 heterocycles. The van der Waals surface area contributed by atoms with E-state index in [2.05, 4.69) is 6.07 Å². The molecule has 0 fully saturated rings. The van der Waals surface area contributed by atoms with Crippen LogP contribution in [0.2, 0.25) is 0 Å². The number of halogens is 1. The van der Waals surface area contributed by atoms with E-state index in [1.165, 1.54) is 6.07 Å². The van der Waals surface area contributed by atoms with Crippen LogP contribution in [0.3, 0.4) is 0 Å². The lowest BCUT2D eigenvalue weighted by Crippen LogP contribution is -2.17. The zero-order chi connectivity index (χ0) is 14.7. The van der Waals surface area contributed by atoms with Crippen molar-refractivity contribution in [2.24, 2.45) is 5.73 Å². The topological polar surface area (TPSA) is 53.0 Å². The molecule has 2 aromatic rings. The predicted octanol–water partition coefficient (Wildman–Crippen LogP) is 3.48. The molecule has 0 aliphatic carbocycles. The van der Waals surface area contributed by atoms with E-state index in [-0.39, 0.29) is 11.9 Å². The molecule has 0 bridgehead atoms. The van der Waals surface area contributed by atoms with Gasteiger partial charge >= 0.3 is 0 Å². The zero-order valence-corrected chi connectivity index (χ0v) is 11.5. The lowest BCUT2D eigenvalue weighted by atomic mass is 10.0. The summed E-state index contributed by atoms with van der Waals surface area (Å²) in [5.74, 6) is -0.313. The van der Waals surface area contributed by atoms with Crippen LogP contribution in [0, 0.1) is 17.1 Å². The molecule has 0 saturated heterocycles. The Morgan fingerprint density at radius 2 is 1.85 bits per heavy atom. The second-order valence-electron chi connectivity index (χ2n) is 4.68. The largest absolute Gasteiger partial charge is 0.342 e. The molecule has 0 amide bonds. The van der Waals surface area contributed by atoms with Gasteiger partial charge in [0.05, 0.1) is 17.3 Å². The minimum absolute atomic E-state index is 0.262. The molecule has 1 atom stereocenters. The van der Waals surface area contributed by atoms with E-state index >= 15 is 0 Å². The average Bonchev–Trinajstić information content (AvgIpc) is 2.46. The van der Waals surface area contributed by atoms with Gasteiger partial charge in [0.25, 0.3) is 0 Å². The summed E-state index contributed by atoms with van der Waals surface area (Å²) in [6.45, 7) is 1.82. The molecule has 102 valence electrons. The molecule has 2 rings (SSSR count). The van der Waals surface area contributed by atoms with E-state index in [0.717, 1.165) is 11.3 Å². The van der Waals surface area contributed by atoms with Crippen LogP contribution in [0.4, 0.5) is 15.8 Å². The molecule has 0 aromatic heterocycles. The van der Waals surface area contributed by atoms with Crippen LogP contribution in [0.1, 0.15) is 24.1 Å². The van der Waals surface area contributed by atoms with Gasteiger partial charge in [0.1, 0.15) is 5.82 Å². The number of hydrogen-bond donors (Lipinski definition) is 1. The molecular formula is C16H16FN3. The number of rotatable bonds is 3. The maximum atomic E-state index is 14.1. The Hall–Kier alpha value is -2.38. The van der Waals surface area contributed by atoms with Crippen molar-refractivity contribution in [1.29, 1.82) is 5.26 Å². The highest BCUT2D eigenvalue weighted by atomic mass is 19.1. The first-order valence-electron chi connectivity index (χ1n) is 6.32. The molecule has 20 heavy (non-hydrogen) atoms. The fraction of sp³-hybridized carbons (Fsp3) is 0.188. The summed E-state index contributed by atoms with van der Waals surface area (Å²) in [6.07, 6.45) is 0. The highest BCUT2D eigenvalue weighted by molar-refractivity contribution is 5.67. The standard InChI is InChI=1S/C16H16FN3/c1-11(19)14-4-3-5-15(17)16(14)20(2)13-8-6-12(10-18)7-9-13/h3-9,11H,19H2,1-2H3/t11-/m0/s1. The molecule has 0 aliphatic heterocycles. The lowest BCUT2D eigenvalue weighted by molar-refractivity contribution is 0.622. The fourth-order valence-electron chi connectivity index (χ4n) is 2.14. The highest BCUT2D eigenvalue weighted by Gasteiger charge is 2.16. The van der Waals surface area contributed by atoms with Crippen molar-refractivity contribution in [2.45, 2.75) is 13.0 Å².